The summed E-state index contributed by atoms with van der Waals surface area (Å²) in [5.41, 5.74) is 3.63. The molecule has 122 valence electrons. The molecule has 2 nitrogen and oxygen atoms in total. The molecular weight excluding hydrogens is 316 g/mol. The van der Waals surface area contributed by atoms with Crippen LogP contribution in [0.1, 0.15) is 11.1 Å². The Kier molecular flexibility index (Phi) is 4.02. The zero-order valence-corrected chi connectivity index (χ0v) is 14.2. The maximum atomic E-state index is 9.74. The lowest BCUT2D eigenvalue weighted by molar-refractivity contribution is 0.886. The van der Waals surface area contributed by atoms with E-state index in [1.54, 1.807) is 0 Å². The van der Waals surface area contributed by atoms with Crippen LogP contribution in [0, 0.1) is 23.7 Å². The quantitative estimate of drug-likeness (QED) is 0.360. The Bertz CT molecular complexity index is 1230. The molecule has 4 rings (SSSR count). The van der Waals surface area contributed by atoms with Crippen molar-refractivity contribution in [2.45, 2.75) is 6.54 Å². The molecule has 3 aromatic carbocycles. The van der Waals surface area contributed by atoms with Gasteiger partial charge in [0.1, 0.15) is 0 Å². The Hall–Kier alpha value is -3.75. The van der Waals surface area contributed by atoms with Crippen LogP contribution in [-0.4, -0.2) is 4.57 Å². The number of benzene rings is 3. The number of hydrogen-bond donors (Lipinski definition) is 0. The molecule has 2 heteroatoms. The lowest BCUT2D eigenvalue weighted by Crippen LogP contribution is -1.91. The average molecular weight is 332 g/mol. The minimum Gasteiger partial charge on any atom is -0.335 e. The molecule has 0 N–H and O–H groups in total. The molecule has 0 aliphatic heterocycles. The van der Waals surface area contributed by atoms with Crippen molar-refractivity contribution in [1.29, 1.82) is 5.26 Å². The highest BCUT2D eigenvalue weighted by molar-refractivity contribution is 5.99. The van der Waals surface area contributed by atoms with E-state index in [0.717, 1.165) is 27.4 Å². The predicted octanol–water partition coefficient (Wildman–Crippen LogP) is 5.49. The van der Waals surface area contributed by atoms with Crippen LogP contribution in [0.15, 0.2) is 72.9 Å². The molecule has 0 bridgehead atoms. The van der Waals surface area contributed by atoms with Crippen LogP contribution in [0.3, 0.4) is 0 Å². The number of nitriles is 1. The molecule has 4 aromatic rings. The fraction of sp³-hybridized carbons (Fsp3) is 0.0417. The largest absolute Gasteiger partial charge is 0.335 e. The number of fused-ring (bicyclic) bond motifs is 2. The number of nitrogens with zero attached hydrogens (tertiary/aromatic N) is 2. The highest BCUT2D eigenvalue weighted by Crippen LogP contribution is 2.27. The summed E-state index contributed by atoms with van der Waals surface area (Å²) in [5.74, 6) is 2.69. The van der Waals surface area contributed by atoms with Crippen LogP contribution in [0.5, 0.6) is 0 Å². The van der Waals surface area contributed by atoms with Crippen molar-refractivity contribution in [3.63, 3.8) is 0 Å². The van der Waals surface area contributed by atoms with E-state index in [2.05, 4.69) is 42.3 Å². The Balaban J connectivity index is 1.86. The molecule has 0 spiro atoms. The van der Waals surface area contributed by atoms with Gasteiger partial charge in [-0.2, -0.15) is 5.26 Å². The minimum atomic E-state index is 0.506. The van der Waals surface area contributed by atoms with E-state index < -0.39 is 0 Å². The molecule has 0 radical (unpaired) electrons. The van der Waals surface area contributed by atoms with Gasteiger partial charge in [-0.15, -0.1) is 6.42 Å². The molecule has 0 saturated heterocycles. The zero-order valence-electron chi connectivity index (χ0n) is 14.2. The number of terminal acetylenes is 1. The first-order valence-electron chi connectivity index (χ1n) is 8.42. The molecule has 26 heavy (non-hydrogen) atoms. The lowest BCUT2D eigenvalue weighted by atomic mass is 10.00. The topological polar surface area (TPSA) is 28.7 Å². The van der Waals surface area contributed by atoms with Gasteiger partial charge in [-0.1, -0.05) is 60.5 Å². The van der Waals surface area contributed by atoms with Crippen molar-refractivity contribution in [1.82, 2.24) is 4.57 Å². The standard InChI is InChI=1S/C24H16N2/c1-2-13-26-17-22(23-9-5-6-10-24(23)26)15-21(16-25)20-12-11-18-7-3-4-8-19(18)14-20/h1,3-12,14-15,17H,13H2/b21-15-. The number of rotatable bonds is 3. The summed E-state index contributed by atoms with van der Waals surface area (Å²) in [6.07, 6.45) is 9.45. The van der Waals surface area contributed by atoms with E-state index in [9.17, 15) is 5.26 Å². The maximum absolute atomic E-state index is 9.74. The second-order valence-corrected chi connectivity index (χ2v) is 6.17. The maximum Gasteiger partial charge on any atom is 0.0998 e. The molecule has 0 aliphatic carbocycles. The Labute approximate surface area is 152 Å². The fourth-order valence-electron chi connectivity index (χ4n) is 3.31. The van der Waals surface area contributed by atoms with Crippen molar-refractivity contribution in [2.24, 2.45) is 0 Å². The number of para-hydroxylation sites is 1. The first kappa shape index (κ1) is 15.8. The van der Waals surface area contributed by atoms with E-state index in [1.807, 2.05) is 53.2 Å². The molecular formula is C24H16N2. The third-order valence-electron chi connectivity index (χ3n) is 4.56. The Morgan fingerprint density at radius 2 is 1.77 bits per heavy atom. The summed E-state index contributed by atoms with van der Waals surface area (Å²) in [5, 5.41) is 13.1. The van der Waals surface area contributed by atoms with Crippen LogP contribution in [0.2, 0.25) is 0 Å². The third kappa shape index (κ3) is 2.75. The highest BCUT2D eigenvalue weighted by atomic mass is 14.9. The Morgan fingerprint density at radius 1 is 1.00 bits per heavy atom. The van der Waals surface area contributed by atoms with Gasteiger partial charge in [0.2, 0.25) is 0 Å². The van der Waals surface area contributed by atoms with E-state index in [1.165, 1.54) is 5.39 Å². The van der Waals surface area contributed by atoms with Gasteiger partial charge >= 0.3 is 0 Å². The summed E-state index contributed by atoms with van der Waals surface area (Å²) in [6, 6.07) is 24.7. The van der Waals surface area contributed by atoms with E-state index in [0.29, 0.717) is 12.1 Å². The first-order valence-corrected chi connectivity index (χ1v) is 8.42. The van der Waals surface area contributed by atoms with Gasteiger partial charge in [-0.05, 0) is 34.5 Å². The molecule has 0 unspecified atom stereocenters. The van der Waals surface area contributed by atoms with Crippen LogP contribution < -0.4 is 0 Å². The normalized spacial score (nSPS) is 11.4. The van der Waals surface area contributed by atoms with Crippen LogP contribution in [0.25, 0.3) is 33.3 Å². The van der Waals surface area contributed by atoms with Gasteiger partial charge in [0.15, 0.2) is 0 Å². The summed E-state index contributed by atoms with van der Waals surface area (Å²) in [7, 11) is 0. The second kappa shape index (κ2) is 6.63. The van der Waals surface area contributed by atoms with Crippen molar-refractivity contribution >= 4 is 33.3 Å². The SMILES string of the molecule is C#CCn1cc(/C=C(/C#N)c2ccc3ccccc3c2)c2ccccc21. The van der Waals surface area contributed by atoms with Crippen LogP contribution in [0.4, 0.5) is 0 Å². The van der Waals surface area contributed by atoms with Gasteiger partial charge in [-0.25, -0.2) is 0 Å². The van der Waals surface area contributed by atoms with Crippen molar-refractivity contribution in [3.05, 3.63) is 84.1 Å². The highest BCUT2D eigenvalue weighted by Gasteiger charge is 2.08. The van der Waals surface area contributed by atoms with E-state index >= 15 is 0 Å². The monoisotopic (exact) mass is 332 g/mol. The van der Waals surface area contributed by atoms with Crippen molar-refractivity contribution in [2.75, 3.05) is 0 Å². The van der Waals surface area contributed by atoms with E-state index in [-0.39, 0.29) is 0 Å². The lowest BCUT2D eigenvalue weighted by Gasteiger charge is -2.02. The molecule has 0 amide bonds. The number of hydrogen-bond acceptors (Lipinski definition) is 1. The van der Waals surface area contributed by atoms with Crippen LogP contribution >= 0.6 is 0 Å². The fourth-order valence-corrected chi connectivity index (χ4v) is 3.31. The summed E-state index contributed by atoms with van der Waals surface area (Å²) < 4.78 is 2.04. The smallest absolute Gasteiger partial charge is 0.0998 e. The molecule has 0 aliphatic rings. The average Bonchev–Trinajstić information content (AvgIpc) is 3.04. The second-order valence-electron chi connectivity index (χ2n) is 6.17. The molecule has 0 atom stereocenters. The Morgan fingerprint density at radius 3 is 2.58 bits per heavy atom. The van der Waals surface area contributed by atoms with E-state index in [4.69, 9.17) is 6.42 Å². The van der Waals surface area contributed by atoms with Gasteiger partial charge in [-0.3, -0.25) is 0 Å². The van der Waals surface area contributed by atoms with Gasteiger partial charge in [0.25, 0.3) is 0 Å². The zero-order chi connectivity index (χ0) is 17.9. The van der Waals surface area contributed by atoms with Gasteiger partial charge in [0, 0.05) is 22.7 Å². The first-order chi connectivity index (χ1) is 12.8. The minimum absolute atomic E-state index is 0.506. The van der Waals surface area contributed by atoms with Crippen molar-refractivity contribution < 1.29 is 0 Å². The summed E-state index contributed by atoms with van der Waals surface area (Å²) in [6.45, 7) is 0.506. The number of allylic oxidation sites excluding steroid dienone is 1. The predicted molar refractivity (Wildman–Crippen MR) is 108 cm³/mol. The van der Waals surface area contributed by atoms with Gasteiger partial charge < -0.3 is 4.57 Å². The molecule has 0 fully saturated rings. The summed E-state index contributed by atoms with van der Waals surface area (Å²) in [4.78, 5) is 0. The summed E-state index contributed by atoms with van der Waals surface area (Å²) >= 11 is 0. The number of aromatic nitrogens is 1. The molecule has 0 saturated carbocycles. The van der Waals surface area contributed by atoms with Gasteiger partial charge in [0.05, 0.1) is 18.2 Å². The molecule has 1 aromatic heterocycles. The third-order valence-corrected chi connectivity index (χ3v) is 4.56. The molecule has 1 heterocycles. The van der Waals surface area contributed by atoms with Crippen molar-refractivity contribution in [3.8, 4) is 18.4 Å². The van der Waals surface area contributed by atoms with Crippen LogP contribution in [-0.2, 0) is 6.54 Å².